The summed E-state index contributed by atoms with van der Waals surface area (Å²) >= 11 is 3.10. The summed E-state index contributed by atoms with van der Waals surface area (Å²) in [4.78, 5) is 39.0. The minimum atomic E-state index is -0.549. The van der Waals surface area contributed by atoms with Crippen LogP contribution in [-0.4, -0.2) is 39.2 Å². The standard InChI is InChI=1S/C13H18BrN3O4/c1-13(2,3)21-12(20)16-5-4-8(6-16)17-7-9(14)10(18)15-11(17)19/h7-8H,4-6H2,1-3H3,(H,15,18,19). The molecule has 1 unspecified atom stereocenters. The van der Waals surface area contributed by atoms with Crippen LogP contribution in [0.2, 0.25) is 0 Å². The van der Waals surface area contributed by atoms with Gasteiger partial charge in [-0.2, -0.15) is 0 Å². The number of hydrogen-bond acceptors (Lipinski definition) is 4. The SMILES string of the molecule is CC(C)(C)OC(=O)N1CCC(n2cc(Br)c(=O)[nH]c2=O)C1. The van der Waals surface area contributed by atoms with Gasteiger partial charge in [0.25, 0.3) is 5.56 Å². The molecule has 1 atom stereocenters. The molecular weight excluding hydrogens is 342 g/mol. The molecule has 7 nitrogen and oxygen atoms in total. The number of carbonyl (C=O) groups excluding carboxylic acids is 1. The van der Waals surface area contributed by atoms with Crippen LogP contribution in [0, 0.1) is 0 Å². The molecule has 1 aromatic rings. The second-order valence-electron chi connectivity index (χ2n) is 6.01. The van der Waals surface area contributed by atoms with Crippen LogP contribution in [0.3, 0.4) is 0 Å². The van der Waals surface area contributed by atoms with Gasteiger partial charge in [-0.1, -0.05) is 0 Å². The Morgan fingerprint density at radius 3 is 2.71 bits per heavy atom. The number of amides is 1. The summed E-state index contributed by atoms with van der Waals surface area (Å²) in [7, 11) is 0. The highest BCUT2D eigenvalue weighted by Gasteiger charge is 2.31. The van der Waals surface area contributed by atoms with Gasteiger partial charge in [-0.15, -0.1) is 0 Å². The fraction of sp³-hybridized carbons (Fsp3) is 0.615. The second-order valence-corrected chi connectivity index (χ2v) is 6.87. The van der Waals surface area contributed by atoms with Gasteiger partial charge in [0.1, 0.15) is 5.60 Å². The van der Waals surface area contributed by atoms with E-state index in [1.807, 2.05) is 20.8 Å². The predicted octanol–water partition coefficient (Wildman–Crippen LogP) is 1.48. The molecule has 0 saturated carbocycles. The number of rotatable bonds is 1. The molecule has 116 valence electrons. The molecule has 0 radical (unpaired) electrons. The van der Waals surface area contributed by atoms with Crippen molar-refractivity contribution in [2.24, 2.45) is 0 Å². The van der Waals surface area contributed by atoms with Crippen molar-refractivity contribution in [2.45, 2.75) is 38.8 Å². The molecule has 1 N–H and O–H groups in total. The van der Waals surface area contributed by atoms with E-state index in [0.29, 0.717) is 19.5 Å². The number of aromatic nitrogens is 2. The van der Waals surface area contributed by atoms with Gasteiger partial charge in [-0.3, -0.25) is 14.3 Å². The first-order chi connectivity index (χ1) is 9.67. The maximum absolute atomic E-state index is 12.0. The molecule has 1 aromatic heterocycles. The number of ether oxygens (including phenoxy) is 1. The van der Waals surface area contributed by atoms with Gasteiger partial charge >= 0.3 is 11.8 Å². The van der Waals surface area contributed by atoms with Crippen LogP contribution in [0.1, 0.15) is 33.2 Å². The summed E-state index contributed by atoms with van der Waals surface area (Å²) in [6.45, 7) is 6.32. The average Bonchev–Trinajstić information content (AvgIpc) is 2.81. The Labute approximate surface area is 130 Å². The Morgan fingerprint density at radius 2 is 2.10 bits per heavy atom. The van der Waals surface area contributed by atoms with Gasteiger partial charge in [-0.05, 0) is 43.1 Å². The Morgan fingerprint density at radius 1 is 1.43 bits per heavy atom. The van der Waals surface area contributed by atoms with Gasteiger partial charge < -0.3 is 9.64 Å². The number of carbonyl (C=O) groups is 1. The van der Waals surface area contributed by atoms with E-state index in [-0.39, 0.29) is 16.6 Å². The summed E-state index contributed by atoms with van der Waals surface area (Å²) in [5.41, 5.74) is -1.48. The molecule has 2 heterocycles. The monoisotopic (exact) mass is 359 g/mol. The lowest BCUT2D eigenvalue weighted by molar-refractivity contribution is 0.0288. The van der Waals surface area contributed by atoms with E-state index in [4.69, 9.17) is 4.74 Å². The van der Waals surface area contributed by atoms with Crippen LogP contribution >= 0.6 is 15.9 Å². The fourth-order valence-electron chi connectivity index (χ4n) is 2.19. The van der Waals surface area contributed by atoms with Crippen molar-refractivity contribution in [3.8, 4) is 0 Å². The smallest absolute Gasteiger partial charge is 0.410 e. The summed E-state index contributed by atoms with van der Waals surface area (Å²) < 4.78 is 7.04. The zero-order valence-electron chi connectivity index (χ0n) is 12.2. The molecule has 8 heteroatoms. The van der Waals surface area contributed by atoms with E-state index in [1.165, 1.54) is 10.8 Å². The van der Waals surface area contributed by atoms with Crippen LogP contribution in [-0.2, 0) is 4.74 Å². The third kappa shape index (κ3) is 3.75. The van der Waals surface area contributed by atoms with E-state index in [1.54, 1.807) is 4.90 Å². The molecule has 1 aliphatic heterocycles. The number of halogens is 1. The summed E-state index contributed by atoms with van der Waals surface area (Å²) in [5.74, 6) is 0. The molecule has 1 amide bonds. The van der Waals surface area contributed by atoms with E-state index in [0.717, 1.165) is 0 Å². The predicted molar refractivity (Wildman–Crippen MR) is 80.5 cm³/mol. The molecule has 1 saturated heterocycles. The van der Waals surface area contributed by atoms with Crippen molar-refractivity contribution < 1.29 is 9.53 Å². The largest absolute Gasteiger partial charge is 0.444 e. The lowest BCUT2D eigenvalue weighted by atomic mass is 10.2. The number of likely N-dealkylation sites (tertiary alicyclic amines) is 1. The maximum atomic E-state index is 12.0. The highest BCUT2D eigenvalue weighted by Crippen LogP contribution is 2.22. The number of H-pyrrole nitrogens is 1. The molecule has 2 rings (SSSR count). The number of hydrogen-bond donors (Lipinski definition) is 1. The maximum Gasteiger partial charge on any atom is 0.410 e. The van der Waals surface area contributed by atoms with Crippen molar-refractivity contribution >= 4 is 22.0 Å². The Balaban J connectivity index is 2.13. The summed E-state index contributed by atoms with van der Waals surface area (Å²) in [6, 6.07) is -0.168. The lowest BCUT2D eigenvalue weighted by Gasteiger charge is -2.24. The first kappa shape index (κ1) is 15.8. The van der Waals surface area contributed by atoms with Crippen molar-refractivity contribution in [1.82, 2.24) is 14.5 Å². The summed E-state index contributed by atoms with van der Waals surface area (Å²) in [5, 5.41) is 0. The van der Waals surface area contributed by atoms with E-state index in [9.17, 15) is 14.4 Å². The van der Waals surface area contributed by atoms with Crippen LogP contribution in [0.5, 0.6) is 0 Å². The van der Waals surface area contributed by atoms with Gasteiger partial charge in [0.05, 0.1) is 10.5 Å². The zero-order chi connectivity index (χ0) is 15.8. The molecule has 0 aromatic carbocycles. The van der Waals surface area contributed by atoms with Gasteiger partial charge in [-0.25, -0.2) is 9.59 Å². The van der Waals surface area contributed by atoms with Crippen LogP contribution in [0.25, 0.3) is 0 Å². The lowest BCUT2D eigenvalue weighted by Crippen LogP contribution is -2.37. The summed E-state index contributed by atoms with van der Waals surface area (Å²) in [6.07, 6.45) is 1.71. The molecule has 0 spiro atoms. The van der Waals surface area contributed by atoms with Gasteiger partial charge in [0.15, 0.2) is 0 Å². The molecule has 1 fully saturated rings. The average molecular weight is 360 g/mol. The van der Waals surface area contributed by atoms with E-state index >= 15 is 0 Å². The topological polar surface area (TPSA) is 84.4 Å². The van der Waals surface area contributed by atoms with Crippen molar-refractivity contribution in [1.29, 1.82) is 0 Å². The molecule has 1 aliphatic rings. The van der Waals surface area contributed by atoms with E-state index in [2.05, 4.69) is 20.9 Å². The molecule has 0 bridgehead atoms. The Hall–Kier alpha value is -1.57. The highest BCUT2D eigenvalue weighted by atomic mass is 79.9. The molecule has 21 heavy (non-hydrogen) atoms. The van der Waals surface area contributed by atoms with Crippen molar-refractivity contribution in [2.75, 3.05) is 13.1 Å². The molecule has 0 aliphatic carbocycles. The third-order valence-corrected chi connectivity index (χ3v) is 3.70. The van der Waals surface area contributed by atoms with Crippen LogP contribution in [0.4, 0.5) is 4.79 Å². The number of aromatic amines is 1. The number of nitrogens with zero attached hydrogens (tertiary/aromatic N) is 2. The van der Waals surface area contributed by atoms with Gasteiger partial charge in [0.2, 0.25) is 0 Å². The quantitative estimate of drug-likeness (QED) is 0.822. The minimum Gasteiger partial charge on any atom is -0.444 e. The second kappa shape index (κ2) is 5.67. The van der Waals surface area contributed by atoms with Gasteiger partial charge in [0, 0.05) is 19.3 Å². The highest BCUT2D eigenvalue weighted by molar-refractivity contribution is 9.10. The van der Waals surface area contributed by atoms with Crippen LogP contribution in [0.15, 0.2) is 20.3 Å². The van der Waals surface area contributed by atoms with Crippen LogP contribution < -0.4 is 11.2 Å². The van der Waals surface area contributed by atoms with E-state index < -0.39 is 16.9 Å². The van der Waals surface area contributed by atoms with Crippen molar-refractivity contribution in [3.05, 3.63) is 31.5 Å². The Kier molecular flexibility index (Phi) is 4.27. The molecular formula is C13H18BrN3O4. The van der Waals surface area contributed by atoms with Crippen molar-refractivity contribution in [3.63, 3.8) is 0 Å². The third-order valence-electron chi connectivity index (χ3n) is 3.13. The fourth-order valence-corrected chi connectivity index (χ4v) is 2.51. The first-order valence-corrected chi connectivity index (χ1v) is 7.45. The minimum absolute atomic E-state index is 0.168. The normalized spacial score (nSPS) is 18.9. The first-order valence-electron chi connectivity index (χ1n) is 6.66. The number of nitrogens with one attached hydrogen (secondary N) is 1. The zero-order valence-corrected chi connectivity index (χ0v) is 13.8. The Bertz CT molecular complexity index is 659.